The molecule has 1 aromatic carbocycles. The quantitative estimate of drug-likeness (QED) is 0.823. The lowest BCUT2D eigenvalue weighted by Gasteiger charge is -2.09. The monoisotopic (exact) mass is 357 g/mol. The number of amides is 2. The average Bonchev–Trinajstić information content (AvgIpc) is 2.48. The molecule has 0 aliphatic heterocycles. The maximum atomic E-state index is 12.2. The molecule has 22 heavy (non-hydrogen) atoms. The Balaban J connectivity index is 2.27. The van der Waals surface area contributed by atoms with Crippen molar-refractivity contribution in [3.63, 3.8) is 0 Å². The summed E-state index contributed by atoms with van der Waals surface area (Å²) >= 11 is 17.5. The normalized spacial score (nSPS) is 10.2. The van der Waals surface area contributed by atoms with Gasteiger partial charge in [0.25, 0.3) is 11.8 Å². The Kier molecular flexibility index (Phi) is 5.24. The number of hydrogen-bond acceptors (Lipinski definition) is 3. The van der Waals surface area contributed by atoms with Crippen LogP contribution in [-0.2, 0) is 0 Å². The first-order valence-corrected chi connectivity index (χ1v) is 7.21. The molecule has 0 saturated carbocycles. The third-order valence-corrected chi connectivity index (χ3v) is 3.58. The fraction of sp³-hybridized carbons (Fsp3) is 0.0714. The molecule has 0 radical (unpaired) electrons. The Morgan fingerprint density at radius 1 is 1.00 bits per heavy atom. The number of aromatic nitrogens is 1. The molecule has 0 bridgehead atoms. The molecule has 2 amide bonds. The van der Waals surface area contributed by atoms with Crippen molar-refractivity contribution in [2.24, 2.45) is 0 Å². The van der Waals surface area contributed by atoms with Crippen molar-refractivity contribution in [2.45, 2.75) is 0 Å². The number of benzene rings is 1. The van der Waals surface area contributed by atoms with Gasteiger partial charge in [-0.25, -0.2) is 4.98 Å². The molecular formula is C14H10Cl3N3O2. The highest BCUT2D eigenvalue weighted by Crippen LogP contribution is 2.22. The molecule has 2 aromatic rings. The highest BCUT2D eigenvalue weighted by atomic mass is 35.5. The summed E-state index contributed by atoms with van der Waals surface area (Å²) in [6.07, 6.45) is 0. The number of nitrogens with one attached hydrogen (secondary N) is 2. The molecule has 0 saturated heterocycles. The smallest absolute Gasteiger partial charge is 0.258 e. The van der Waals surface area contributed by atoms with Crippen molar-refractivity contribution in [3.05, 3.63) is 56.8 Å². The van der Waals surface area contributed by atoms with Crippen LogP contribution in [-0.4, -0.2) is 23.8 Å². The lowest BCUT2D eigenvalue weighted by Crippen LogP contribution is -2.19. The number of rotatable bonds is 3. The Hall–Kier alpha value is -1.82. The van der Waals surface area contributed by atoms with Gasteiger partial charge in [-0.05, 0) is 30.3 Å². The largest absolute Gasteiger partial charge is 0.355 e. The van der Waals surface area contributed by atoms with Gasteiger partial charge in [-0.3, -0.25) is 9.59 Å². The second-order valence-electron chi connectivity index (χ2n) is 4.20. The number of hydrogen-bond donors (Lipinski definition) is 2. The Morgan fingerprint density at radius 3 is 2.36 bits per heavy atom. The molecule has 1 aromatic heterocycles. The van der Waals surface area contributed by atoms with Crippen molar-refractivity contribution in [3.8, 4) is 0 Å². The number of anilines is 1. The summed E-state index contributed by atoms with van der Waals surface area (Å²) in [6.45, 7) is 0. The van der Waals surface area contributed by atoms with E-state index in [0.717, 1.165) is 0 Å². The third kappa shape index (κ3) is 3.68. The van der Waals surface area contributed by atoms with Gasteiger partial charge < -0.3 is 10.6 Å². The number of nitrogens with zero attached hydrogens (tertiary/aromatic N) is 1. The minimum Gasteiger partial charge on any atom is -0.355 e. The van der Waals surface area contributed by atoms with Gasteiger partial charge in [0.15, 0.2) is 0 Å². The molecule has 0 aliphatic carbocycles. The maximum absolute atomic E-state index is 12.2. The highest BCUT2D eigenvalue weighted by Gasteiger charge is 2.14. The molecule has 0 spiro atoms. The molecule has 1 heterocycles. The lowest BCUT2D eigenvalue weighted by atomic mass is 10.1. The van der Waals surface area contributed by atoms with E-state index in [1.54, 1.807) is 6.07 Å². The zero-order valence-electron chi connectivity index (χ0n) is 11.3. The van der Waals surface area contributed by atoms with Crippen LogP contribution in [0, 0.1) is 0 Å². The second kappa shape index (κ2) is 6.96. The van der Waals surface area contributed by atoms with Gasteiger partial charge in [0, 0.05) is 12.7 Å². The molecule has 0 atom stereocenters. The Morgan fingerprint density at radius 2 is 1.73 bits per heavy atom. The van der Waals surface area contributed by atoms with Crippen LogP contribution >= 0.6 is 34.8 Å². The van der Waals surface area contributed by atoms with Gasteiger partial charge in [0.1, 0.15) is 10.3 Å². The first-order chi connectivity index (χ1) is 10.4. The van der Waals surface area contributed by atoms with Crippen LogP contribution in [0.4, 0.5) is 5.69 Å². The third-order valence-electron chi connectivity index (χ3n) is 2.76. The van der Waals surface area contributed by atoms with Gasteiger partial charge in [-0.2, -0.15) is 0 Å². The Bertz CT molecular complexity index is 750. The number of pyridine rings is 1. The molecule has 0 aliphatic rings. The van der Waals surface area contributed by atoms with E-state index in [9.17, 15) is 9.59 Å². The molecule has 0 fully saturated rings. The average molecular weight is 359 g/mol. The summed E-state index contributed by atoms with van der Waals surface area (Å²) in [4.78, 5) is 27.6. The highest BCUT2D eigenvalue weighted by molar-refractivity contribution is 6.35. The van der Waals surface area contributed by atoms with Crippen LogP contribution in [0.25, 0.3) is 0 Å². The van der Waals surface area contributed by atoms with Crippen molar-refractivity contribution in [2.75, 3.05) is 12.4 Å². The van der Waals surface area contributed by atoms with Crippen molar-refractivity contribution in [1.82, 2.24) is 10.3 Å². The van der Waals surface area contributed by atoms with E-state index >= 15 is 0 Å². The molecule has 0 unspecified atom stereocenters. The van der Waals surface area contributed by atoms with E-state index in [0.29, 0.717) is 5.69 Å². The van der Waals surface area contributed by atoms with E-state index in [2.05, 4.69) is 15.6 Å². The first kappa shape index (κ1) is 16.5. The minimum absolute atomic E-state index is 0.00881. The van der Waals surface area contributed by atoms with Crippen LogP contribution in [0.15, 0.2) is 30.3 Å². The minimum atomic E-state index is -0.473. The van der Waals surface area contributed by atoms with Gasteiger partial charge in [0.05, 0.1) is 16.1 Å². The van der Waals surface area contributed by atoms with E-state index in [1.807, 2.05) is 0 Å². The van der Waals surface area contributed by atoms with Crippen LogP contribution in [0.1, 0.15) is 20.7 Å². The van der Waals surface area contributed by atoms with Gasteiger partial charge in [0.2, 0.25) is 0 Å². The zero-order valence-corrected chi connectivity index (χ0v) is 13.6. The maximum Gasteiger partial charge on any atom is 0.258 e. The topological polar surface area (TPSA) is 71.1 Å². The van der Waals surface area contributed by atoms with Crippen molar-refractivity contribution >= 4 is 52.3 Å². The van der Waals surface area contributed by atoms with Crippen molar-refractivity contribution < 1.29 is 9.59 Å². The van der Waals surface area contributed by atoms with Crippen LogP contribution in [0.2, 0.25) is 15.3 Å². The van der Waals surface area contributed by atoms with Crippen LogP contribution < -0.4 is 10.6 Å². The van der Waals surface area contributed by atoms with Gasteiger partial charge in [-0.15, -0.1) is 0 Å². The molecule has 2 rings (SSSR count). The summed E-state index contributed by atoms with van der Waals surface area (Å²) in [7, 11) is 1.49. The summed E-state index contributed by atoms with van der Waals surface area (Å²) in [5, 5.41) is 5.55. The Labute approximate surface area is 141 Å². The fourth-order valence-electron chi connectivity index (χ4n) is 1.69. The summed E-state index contributed by atoms with van der Waals surface area (Å²) < 4.78 is 0. The SMILES string of the molecule is CNC(=O)c1cc(NC(=O)c2ccc(Cl)nc2Cl)ccc1Cl. The number of carbonyl (C=O) groups excluding carboxylic acids is 2. The predicted molar refractivity (Wildman–Crippen MR) is 87.1 cm³/mol. The van der Waals surface area contributed by atoms with E-state index in [-0.39, 0.29) is 32.4 Å². The summed E-state index contributed by atoms with van der Waals surface area (Å²) in [5.74, 6) is -0.827. The fourth-order valence-corrected chi connectivity index (χ4v) is 2.33. The van der Waals surface area contributed by atoms with Crippen LogP contribution in [0.5, 0.6) is 0 Å². The molecule has 114 valence electrons. The standard InChI is InChI=1S/C14H10Cl3N3O2/c1-18-13(21)9-6-7(2-4-10(9)15)19-14(22)8-3-5-11(16)20-12(8)17/h2-6H,1H3,(H,18,21)(H,19,22). The van der Waals surface area contributed by atoms with Gasteiger partial charge >= 0.3 is 0 Å². The molecule has 5 nitrogen and oxygen atoms in total. The zero-order chi connectivity index (χ0) is 16.3. The van der Waals surface area contributed by atoms with Gasteiger partial charge in [-0.1, -0.05) is 34.8 Å². The first-order valence-electron chi connectivity index (χ1n) is 6.07. The van der Waals surface area contributed by atoms with E-state index < -0.39 is 5.91 Å². The van der Waals surface area contributed by atoms with Crippen LogP contribution in [0.3, 0.4) is 0 Å². The summed E-state index contributed by atoms with van der Waals surface area (Å²) in [6, 6.07) is 7.48. The summed E-state index contributed by atoms with van der Waals surface area (Å²) in [5.41, 5.74) is 0.823. The number of halogens is 3. The van der Waals surface area contributed by atoms with E-state index in [1.165, 1.54) is 31.3 Å². The predicted octanol–water partition coefficient (Wildman–Crippen LogP) is 3.65. The van der Waals surface area contributed by atoms with Crippen molar-refractivity contribution in [1.29, 1.82) is 0 Å². The molecule has 8 heteroatoms. The molecule has 2 N–H and O–H groups in total. The molecular weight excluding hydrogens is 349 g/mol. The second-order valence-corrected chi connectivity index (χ2v) is 5.35. The van der Waals surface area contributed by atoms with E-state index in [4.69, 9.17) is 34.8 Å². The number of carbonyl (C=O) groups is 2. The lowest BCUT2D eigenvalue weighted by molar-refractivity contribution is 0.0961.